The summed E-state index contributed by atoms with van der Waals surface area (Å²) in [5.74, 6) is -0.241. The second-order valence-electron chi connectivity index (χ2n) is 6.56. The van der Waals surface area contributed by atoms with Gasteiger partial charge >= 0.3 is 0 Å². The number of nitrogens with zero attached hydrogens (tertiary/aromatic N) is 1. The largest absolute Gasteiger partial charge is 0.369 e. The van der Waals surface area contributed by atoms with Crippen LogP contribution >= 0.6 is 0 Å². The minimum absolute atomic E-state index is 0.0299. The number of amides is 1. The molecule has 2 aromatic rings. The highest BCUT2D eigenvalue weighted by molar-refractivity contribution is 5.94. The molecule has 1 heterocycles. The van der Waals surface area contributed by atoms with Crippen LogP contribution in [0.25, 0.3) is 0 Å². The molecule has 0 aliphatic carbocycles. The maximum absolute atomic E-state index is 13.3. The molecule has 1 aliphatic rings. The second-order valence-corrected chi connectivity index (χ2v) is 6.56. The van der Waals surface area contributed by atoms with Crippen molar-refractivity contribution in [3.05, 3.63) is 65.0 Å². The Morgan fingerprint density at radius 2 is 1.92 bits per heavy atom. The summed E-state index contributed by atoms with van der Waals surface area (Å²) >= 11 is 0. The Balaban J connectivity index is 1.67. The van der Waals surface area contributed by atoms with Gasteiger partial charge in [0.15, 0.2) is 0 Å². The summed E-state index contributed by atoms with van der Waals surface area (Å²) in [4.78, 5) is 14.6. The quantitative estimate of drug-likeness (QED) is 0.929. The van der Waals surface area contributed by atoms with E-state index in [1.165, 1.54) is 6.07 Å². The number of piperidine rings is 1. The van der Waals surface area contributed by atoms with Gasteiger partial charge in [-0.1, -0.05) is 17.7 Å². The summed E-state index contributed by atoms with van der Waals surface area (Å²) in [6.45, 7) is 5.62. The molecular formula is C20H23FN2O. The number of carbonyl (C=O) groups excluding carboxylic acids is 1. The molecule has 3 rings (SSSR count). The van der Waals surface area contributed by atoms with Crippen LogP contribution in [0, 0.1) is 19.7 Å². The van der Waals surface area contributed by atoms with Gasteiger partial charge in [0, 0.05) is 30.4 Å². The Kier molecular flexibility index (Phi) is 4.84. The van der Waals surface area contributed by atoms with Gasteiger partial charge in [-0.05, 0) is 62.6 Å². The van der Waals surface area contributed by atoms with E-state index in [0.29, 0.717) is 5.56 Å². The molecule has 2 aromatic carbocycles. The van der Waals surface area contributed by atoms with Crippen LogP contribution in [0.1, 0.15) is 34.3 Å². The van der Waals surface area contributed by atoms with Crippen LogP contribution in [0.4, 0.5) is 10.1 Å². The van der Waals surface area contributed by atoms with Crippen LogP contribution in [-0.4, -0.2) is 25.0 Å². The Labute approximate surface area is 142 Å². The summed E-state index contributed by atoms with van der Waals surface area (Å²) in [5, 5.41) is 3.13. The Morgan fingerprint density at radius 1 is 1.17 bits per heavy atom. The third kappa shape index (κ3) is 3.75. The van der Waals surface area contributed by atoms with E-state index >= 15 is 0 Å². The zero-order valence-electron chi connectivity index (χ0n) is 14.2. The molecule has 3 nitrogen and oxygen atoms in total. The molecule has 1 aliphatic heterocycles. The average Bonchev–Trinajstić information content (AvgIpc) is 2.55. The Bertz CT molecular complexity index is 727. The lowest BCUT2D eigenvalue weighted by Crippen LogP contribution is -2.48. The fourth-order valence-corrected chi connectivity index (χ4v) is 3.26. The van der Waals surface area contributed by atoms with E-state index in [1.54, 1.807) is 6.07 Å². The van der Waals surface area contributed by atoms with Crippen molar-refractivity contribution in [2.24, 2.45) is 0 Å². The van der Waals surface area contributed by atoms with E-state index in [1.807, 2.05) is 44.2 Å². The Hall–Kier alpha value is -2.36. The summed E-state index contributed by atoms with van der Waals surface area (Å²) < 4.78 is 13.3. The maximum Gasteiger partial charge on any atom is 0.251 e. The van der Waals surface area contributed by atoms with Crippen LogP contribution in [-0.2, 0) is 0 Å². The van der Waals surface area contributed by atoms with Crippen LogP contribution in [0.3, 0.4) is 0 Å². The normalized spacial score (nSPS) is 17.6. The van der Waals surface area contributed by atoms with Gasteiger partial charge in [-0.15, -0.1) is 0 Å². The number of hydrogen-bond donors (Lipinski definition) is 1. The molecule has 1 atom stereocenters. The number of rotatable bonds is 3. The number of carbonyl (C=O) groups is 1. The van der Waals surface area contributed by atoms with Crippen LogP contribution in [0.15, 0.2) is 42.5 Å². The molecule has 1 unspecified atom stereocenters. The van der Waals surface area contributed by atoms with E-state index < -0.39 is 0 Å². The SMILES string of the molecule is Cc1ccc(C(=O)NC2CCCN(c3ccc(F)cc3C)C2)cc1. The van der Waals surface area contributed by atoms with Crippen molar-refractivity contribution < 1.29 is 9.18 Å². The summed E-state index contributed by atoms with van der Waals surface area (Å²) in [5.41, 5.74) is 3.81. The molecule has 24 heavy (non-hydrogen) atoms. The first-order chi connectivity index (χ1) is 11.5. The van der Waals surface area contributed by atoms with Crippen molar-refractivity contribution in [3.63, 3.8) is 0 Å². The molecule has 1 amide bonds. The molecule has 0 radical (unpaired) electrons. The molecule has 4 heteroatoms. The van der Waals surface area contributed by atoms with Crippen molar-refractivity contribution >= 4 is 11.6 Å². The highest BCUT2D eigenvalue weighted by Crippen LogP contribution is 2.24. The first-order valence-electron chi connectivity index (χ1n) is 8.41. The Morgan fingerprint density at radius 3 is 2.62 bits per heavy atom. The smallest absolute Gasteiger partial charge is 0.251 e. The second kappa shape index (κ2) is 7.04. The van der Waals surface area contributed by atoms with E-state index in [0.717, 1.165) is 42.7 Å². The van der Waals surface area contributed by atoms with E-state index in [-0.39, 0.29) is 17.8 Å². The minimum Gasteiger partial charge on any atom is -0.369 e. The van der Waals surface area contributed by atoms with E-state index in [4.69, 9.17) is 0 Å². The lowest BCUT2D eigenvalue weighted by molar-refractivity contribution is 0.0933. The van der Waals surface area contributed by atoms with Crippen molar-refractivity contribution in [2.45, 2.75) is 32.7 Å². The summed E-state index contributed by atoms with van der Waals surface area (Å²) in [6, 6.07) is 12.6. The third-order valence-electron chi connectivity index (χ3n) is 4.57. The van der Waals surface area contributed by atoms with Gasteiger partial charge in [0.05, 0.1) is 0 Å². The van der Waals surface area contributed by atoms with Crippen molar-refractivity contribution in [1.82, 2.24) is 5.32 Å². The van der Waals surface area contributed by atoms with Crippen LogP contribution in [0.2, 0.25) is 0 Å². The van der Waals surface area contributed by atoms with Crippen LogP contribution in [0.5, 0.6) is 0 Å². The van der Waals surface area contributed by atoms with Gasteiger partial charge in [-0.2, -0.15) is 0 Å². The first kappa shape index (κ1) is 16.5. The van der Waals surface area contributed by atoms with Gasteiger partial charge in [0.1, 0.15) is 5.82 Å². The molecule has 1 saturated heterocycles. The number of anilines is 1. The molecule has 1 fully saturated rings. The predicted molar refractivity (Wildman–Crippen MR) is 95.0 cm³/mol. The summed E-state index contributed by atoms with van der Waals surface area (Å²) in [6.07, 6.45) is 1.98. The molecular weight excluding hydrogens is 303 g/mol. The van der Waals surface area contributed by atoms with Crippen LogP contribution < -0.4 is 10.2 Å². The van der Waals surface area contributed by atoms with Gasteiger partial charge in [0.2, 0.25) is 0 Å². The zero-order chi connectivity index (χ0) is 17.1. The van der Waals surface area contributed by atoms with Gasteiger partial charge in [0.25, 0.3) is 5.91 Å². The average molecular weight is 326 g/mol. The van der Waals surface area contributed by atoms with Gasteiger partial charge < -0.3 is 10.2 Å². The molecule has 0 saturated carbocycles. The highest BCUT2D eigenvalue weighted by atomic mass is 19.1. The minimum atomic E-state index is -0.211. The summed E-state index contributed by atoms with van der Waals surface area (Å²) in [7, 11) is 0. The number of halogens is 1. The van der Waals surface area contributed by atoms with E-state index in [2.05, 4.69) is 10.2 Å². The maximum atomic E-state index is 13.3. The first-order valence-corrected chi connectivity index (χ1v) is 8.41. The third-order valence-corrected chi connectivity index (χ3v) is 4.57. The predicted octanol–water partition coefficient (Wildman–Crippen LogP) is 3.84. The highest BCUT2D eigenvalue weighted by Gasteiger charge is 2.23. The molecule has 1 N–H and O–H groups in total. The number of hydrogen-bond acceptors (Lipinski definition) is 2. The van der Waals surface area contributed by atoms with E-state index in [9.17, 15) is 9.18 Å². The van der Waals surface area contributed by atoms with Gasteiger partial charge in [-0.3, -0.25) is 4.79 Å². The molecule has 0 aromatic heterocycles. The molecule has 0 spiro atoms. The number of benzene rings is 2. The lowest BCUT2D eigenvalue weighted by Gasteiger charge is -2.35. The fraction of sp³-hybridized carbons (Fsp3) is 0.350. The number of nitrogens with one attached hydrogen (secondary N) is 1. The molecule has 126 valence electrons. The van der Waals surface area contributed by atoms with Gasteiger partial charge in [-0.25, -0.2) is 4.39 Å². The zero-order valence-corrected chi connectivity index (χ0v) is 14.2. The number of aryl methyl sites for hydroxylation is 2. The standard InChI is InChI=1S/C20H23FN2O/c1-14-5-7-16(8-6-14)20(24)22-18-4-3-11-23(13-18)19-10-9-17(21)12-15(19)2/h5-10,12,18H,3-4,11,13H2,1-2H3,(H,22,24). The van der Waals surface area contributed by atoms with Crippen molar-refractivity contribution in [1.29, 1.82) is 0 Å². The lowest BCUT2D eigenvalue weighted by atomic mass is 10.0. The molecule has 0 bridgehead atoms. The van der Waals surface area contributed by atoms with Crippen molar-refractivity contribution in [3.8, 4) is 0 Å². The topological polar surface area (TPSA) is 32.3 Å². The van der Waals surface area contributed by atoms with Crippen molar-refractivity contribution in [2.75, 3.05) is 18.0 Å². The fourth-order valence-electron chi connectivity index (χ4n) is 3.26. The monoisotopic (exact) mass is 326 g/mol.